The van der Waals surface area contributed by atoms with Crippen LogP contribution in [0.2, 0.25) is 0 Å². The summed E-state index contributed by atoms with van der Waals surface area (Å²) in [5, 5.41) is 11.9. The standard InChI is InChI=1S/C24H25N3O3/c25-14-17-6-8-19(9-7-17)24(29)27-12-2-3-18(15-27)16-30-22-5-1-4-20(13-22)23(28)26-21-10-11-21/h1,4-9,13,18,21H,2-3,10-12,15-16H2,(H,26,28)/t18-/m0/s1. The molecule has 0 radical (unpaired) electrons. The third-order valence-corrected chi connectivity index (χ3v) is 5.56. The van der Waals surface area contributed by atoms with Crippen molar-refractivity contribution in [2.24, 2.45) is 5.92 Å². The summed E-state index contributed by atoms with van der Waals surface area (Å²) in [5.74, 6) is 0.849. The molecule has 0 aromatic heterocycles. The first kappa shape index (κ1) is 20.0. The lowest BCUT2D eigenvalue weighted by Gasteiger charge is -2.32. The number of nitriles is 1. The van der Waals surface area contributed by atoms with Crippen LogP contribution in [-0.2, 0) is 0 Å². The van der Waals surface area contributed by atoms with Crippen LogP contribution in [0, 0.1) is 17.2 Å². The van der Waals surface area contributed by atoms with E-state index in [9.17, 15) is 9.59 Å². The molecule has 0 unspecified atom stereocenters. The van der Waals surface area contributed by atoms with Gasteiger partial charge < -0.3 is 15.0 Å². The Morgan fingerprint density at radius 1 is 1.10 bits per heavy atom. The van der Waals surface area contributed by atoms with Gasteiger partial charge in [0.05, 0.1) is 18.2 Å². The molecule has 2 aliphatic rings. The van der Waals surface area contributed by atoms with E-state index in [1.165, 1.54) is 0 Å². The summed E-state index contributed by atoms with van der Waals surface area (Å²) in [4.78, 5) is 26.9. The van der Waals surface area contributed by atoms with Crippen LogP contribution >= 0.6 is 0 Å². The second-order valence-corrected chi connectivity index (χ2v) is 8.04. The zero-order chi connectivity index (χ0) is 20.9. The molecule has 2 aromatic rings. The zero-order valence-corrected chi connectivity index (χ0v) is 16.8. The molecule has 1 saturated heterocycles. The van der Waals surface area contributed by atoms with Crippen LogP contribution in [-0.4, -0.2) is 42.5 Å². The molecule has 0 bridgehead atoms. The summed E-state index contributed by atoms with van der Waals surface area (Å²) >= 11 is 0. The zero-order valence-electron chi connectivity index (χ0n) is 16.8. The van der Waals surface area contributed by atoms with Gasteiger partial charge in [-0.3, -0.25) is 9.59 Å². The molecule has 2 aromatic carbocycles. The van der Waals surface area contributed by atoms with E-state index < -0.39 is 0 Å². The Kier molecular flexibility index (Phi) is 5.99. The Labute approximate surface area is 176 Å². The highest BCUT2D eigenvalue weighted by Crippen LogP contribution is 2.23. The minimum Gasteiger partial charge on any atom is -0.493 e. The average molecular weight is 403 g/mol. The van der Waals surface area contributed by atoms with E-state index in [-0.39, 0.29) is 17.7 Å². The minimum absolute atomic E-state index is 0.0112. The smallest absolute Gasteiger partial charge is 0.253 e. The van der Waals surface area contributed by atoms with Gasteiger partial charge in [0.15, 0.2) is 0 Å². The normalized spacial score (nSPS) is 18.4. The van der Waals surface area contributed by atoms with E-state index in [0.29, 0.717) is 41.6 Å². The number of nitrogens with one attached hydrogen (secondary N) is 1. The van der Waals surface area contributed by atoms with Gasteiger partial charge in [0, 0.05) is 36.2 Å². The molecular weight excluding hydrogens is 378 g/mol. The molecule has 30 heavy (non-hydrogen) atoms. The summed E-state index contributed by atoms with van der Waals surface area (Å²) in [5.41, 5.74) is 1.76. The summed E-state index contributed by atoms with van der Waals surface area (Å²) in [7, 11) is 0. The maximum Gasteiger partial charge on any atom is 0.253 e. The first-order valence-corrected chi connectivity index (χ1v) is 10.5. The largest absolute Gasteiger partial charge is 0.493 e. The van der Waals surface area contributed by atoms with E-state index in [2.05, 4.69) is 11.4 Å². The third kappa shape index (κ3) is 4.98. The van der Waals surface area contributed by atoms with Crippen molar-refractivity contribution in [3.05, 3.63) is 65.2 Å². The second kappa shape index (κ2) is 9.00. The van der Waals surface area contributed by atoms with E-state index >= 15 is 0 Å². The van der Waals surface area contributed by atoms with Crippen LogP contribution in [0.4, 0.5) is 0 Å². The highest BCUT2D eigenvalue weighted by molar-refractivity contribution is 5.95. The number of ether oxygens (including phenoxy) is 1. The summed E-state index contributed by atoms with van der Waals surface area (Å²) in [6.45, 7) is 1.87. The van der Waals surface area contributed by atoms with E-state index in [4.69, 9.17) is 10.00 Å². The fourth-order valence-electron chi connectivity index (χ4n) is 3.69. The summed E-state index contributed by atoms with van der Waals surface area (Å²) in [6, 6.07) is 16.4. The van der Waals surface area contributed by atoms with Crippen LogP contribution in [0.3, 0.4) is 0 Å². The maximum atomic E-state index is 12.8. The molecule has 6 nitrogen and oxygen atoms in total. The molecular formula is C24H25N3O3. The molecule has 4 rings (SSSR count). The monoisotopic (exact) mass is 403 g/mol. The van der Waals surface area contributed by atoms with E-state index in [0.717, 1.165) is 32.2 Å². The lowest BCUT2D eigenvalue weighted by Crippen LogP contribution is -2.41. The number of rotatable bonds is 6. The molecule has 154 valence electrons. The lowest BCUT2D eigenvalue weighted by atomic mass is 9.98. The van der Waals surface area contributed by atoms with Gasteiger partial charge in [-0.15, -0.1) is 0 Å². The number of carbonyl (C=O) groups is 2. The summed E-state index contributed by atoms with van der Waals surface area (Å²) in [6.07, 6.45) is 4.04. The number of nitrogens with zero attached hydrogens (tertiary/aromatic N) is 2. The molecule has 1 atom stereocenters. The topological polar surface area (TPSA) is 82.4 Å². The second-order valence-electron chi connectivity index (χ2n) is 8.04. The van der Waals surface area contributed by atoms with Crippen molar-refractivity contribution >= 4 is 11.8 Å². The predicted octanol–water partition coefficient (Wildman–Crippen LogP) is 3.38. The first-order valence-electron chi connectivity index (χ1n) is 10.5. The molecule has 1 heterocycles. The highest BCUT2D eigenvalue weighted by atomic mass is 16.5. The maximum absolute atomic E-state index is 12.8. The van der Waals surface area contributed by atoms with Gasteiger partial charge in [0.1, 0.15) is 5.75 Å². The minimum atomic E-state index is -0.0557. The average Bonchev–Trinajstić information content (AvgIpc) is 3.61. The van der Waals surface area contributed by atoms with Gasteiger partial charge >= 0.3 is 0 Å². The van der Waals surface area contributed by atoms with Crippen molar-refractivity contribution in [3.63, 3.8) is 0 Å². The lowest BCUT2D eigenvalue weighted by molar-refractivity contribution is 0.0633. The fourth-order valence-corrected chi connectivity index (χ4v) is 3.69. The molecule has 6 heteroatoms. The van der Waals surface area contributed by atoms with Gasteiger partial charge in [-0.05, 0) is 68.1 Å². The molecule has 2 amide bonds. The van der Waals surface area contributed by atoms with Crippen LogP contribution in [0.15, 0.2) is 48.5 Å². The van der Waals surface area contributed by atoms with Gasteiger partial charge in [0.2, 0.25) is 0 Å². The van der Waals surface area contributed by atoms with E-state index in [1.54, 1.807) is 36.4 Å². The Morgan fingerprint density at radius 3 is 2.63 bits per heavy atom. The summed E-state index contributed by atoms with van der Waals surface area (Å²) < 4.78 is 5.97. The van der Waals surface area contributed by atoms with Gasteiger partial charge in [-0.25, -0.2) is 0 Å². The van der Waals surface area contributed by atoms with Crippen LogP contribution in [0.5, 0.6) is 5.75 Å². The Bertz CT molecular complexity index is 960. The van der Waals surface area contributed by atoms with Gasteiger partial charge in [-0.1, -0.05) is 6.07 Å². The number of likely N-dealkylation sites (tertiary alicyclic amines) is 1. The fraction of sp³-hybridized carbons (Fsp3) is 0.375. The number of hydrogen-bond donors (Lipinski definition) is 1. The van der Waals surface area contributed by atoms with Crippen LogP contribution in [0.25, 0.3) is 0 Å². The number of hydrogen-bond acceptors (Lipinski definition) is 4. The van der Waals surface area contributed by atoms with Crippen LogP contribution < -0.4 is 10.1 Å². The molecule has 1 N–H and O–H groups in total. The Hall–Kier alpha value is -3.33. The van der Waals surface area contributed by atoms with Crippen molar-refractivity contribution in [2.75, 3.05) is 19.7 Å². The molecule has 2 fully saturated rings. The molecule has 1 aliphatic heterocycles. The van der Waals surface area contributed by atoms with Crippen molar-refractivity contribution in [2.45, 2.75) is 31.7 Å². The van der Waals surface area contributed by atoms with E-state index in [1.807, 2.05) is 17.0 Å². The Morgan fingerprint density at radius 2 is 1.90 bits per heavy atom. The van der Waals surface area contributed by atoms with Crippen molar-refractivity contribution in [1.29, 1.82) is 5.26 Å². The molecule has 1 aliphatic carbocycles. The first-order chi connectivity index (χ1) is 14.6. The number of piperidine rings is 1. The quantitative estimate of drug-likeness (QED) is 0.802. The van der Waals surface area contributed by atoms with Gasteiger partial charge in [0.25, 0.3) is 11.8 Å². The number of carbonyl (C=O) groups excluding carboxylic acids is 2. The van der Waals surface area contributed by atoms with Crippen LogP contribution in [0.1, 0.15) is 52.0 Å². The highest BCUT2D eigenvalue weighted by Gasteiger charge is 2.26. The van der Waals surface area contributed by atoms with Crippen molar-refractivity contribution in [3.8, 4) is 11.8 Å². The molecule has 0 spiro atoms. The van der Waals surface area contributed by atoms with Crippen molar-refractivity contribution < 1.29 is 14.3 Å². The van der Waals surface area contributed by atoms with Gasteiger partial charge in [-0.2, -0.15) is 5.26 Å². The number of benzene rings is 2. The SMILES string of the molecule is N#Cc1ccc(C(=O)N2CCC[C@H](COc3cccc(C(=O)NC4CC4)c3)C2)cc1. The number of amides is 2. The van der Waals surface area contributed by atoms with Crippen molar-refractivity contribution in [1.82, 2.24) is 10.2 Å². The molecule has 1 saturated carbocycles. The Balaban J connectivity index is 1.32. The predicted molar refractivity (Wildman–Crippen MR) is 112 cm³/mol. The third-order valence-electron chi connectivity index (χ3n) is 5.56.